The van der Waals surface area contributed by atoms with Crippen LogP contribution in [0.4, 0.5) is 0 Å². The SMILES string of the molecule is CCN(CC)[C@@H](CNC(=O)COc1cccc(C)c1C)c1ccccc1Cl. The Balaban J connectivity index is 2.00. The Labute approximate surface area is 167 Å². The standard InChI is InChI=1S/C22H29ClN2O2/c1-5-25(6-2)20(18-11-7-8-12-19(18)23)14-24-22(26)15-27-21-13-9-10-16(3)17(21)4/h7-13,20H,5-6,14-15H2,1-4H3,(H,24,26)/t20-/m0/s1. The molecule has 0 saturated carbocycles. The summed E-state index contributed by atoms with van der Waals surface area (Å²) in [5.41, 5.74) is 3.23. The molecule has 0 heterocycles. The van der Waals surface area contributed by atoms with E-state index in [1.54, 1.807) is 0 Å². The smallest absolute Gasteiger partial charge is 0.258 e. The van der Waals surface area contributed by atoms with Crippen LogP contribution in [0.5, 0.6) is 5.75 Å². The summed E-state index contributed by atoms with van der Waals surface area (Å²) < 4.78 is 5.70. The van der Waals surface area contributed by atoms with Gasteiger partial charge in [0, 0.05) is 11.6 Å². The largest absolute Gasteiger partial charge is 0.483 e. The summed E-state index contributed by atoms with van der Waals surface area (Å²) in [4.78, 5) is 14.6. The van der Waals surface area contributed by atoms with Gasteiger partial charge in [-0.1, -0.05) is 55.8 Å². The molecule has 2 aromatic rings. The second-order valence-electron chi connectivity index (χ2n) is 6.55. The molecule has 0 aromatic heterocycles. The number of hydrogen-bond acceptors (Lipinski definition) is 3. The van der Waals surface area contributed by atoms with Crippen LogP contribution in [0.25, 0.3) is 0 Å². The van der Waals surface area contributed by atoms with Crippen molar-refractivity contribution in [1.82, 2.24) is 10.2 Å². The maximum absolute atomic E-state index is 12.3. The molecule has 0 unspecified atom stereocenters. The van der Waals surface area contributed by atoms with Crippen LogP contribution >= 0.6 is 11.6 Å². The number of likely N-dealkylation sites (N-methyl/N-ethyl adjacent to an activating group) is 1. The van der Waals surface area contributed by atoms with Gasteiger partial charge in [0.15, 0.2) is 6.61 Å². The normalized spacial score (nSPS) is 12.1. The Kier molecular flexibility index (Phi) is 8.14. The van der Waals surface area contributed by atoms with E-state index in [0.717, 1.165) is 40.6 Å². The lowest BCUT2D eigenvalue weighted by Crippen LogP contribution is -2.39. The second-order valence-corrected chi connectivity index (χ2v) is 6.96. The topological polar surface area (TPSA) is 41.6 Å². The second kappa shape index (κ2) is 10.3. The highest BCUT2D eigenvalue weighted by Crippen LogP contribution is 2.27. The molecule has 2 rings (SSSR count). The number of amides is 1. The average Bonchev–Trinajstić information content (AvgIpc) is 2.67. The van der Waals surface area contributed by atoms with Gasteiger partial charge in [0.1, 0.15) is 5.75 Å². The van der Waals surface area contributed by atoms with E-state index >= 15 is 0 Å². The van der Waals surface area contributed by atoms with E-state index in [1.807, 2.05) is 56.3 Å². The van der Waals surface area contributed by atoms with E-state index in [4.69, 9.17) is 16.3 Å². The Morgan fingerprint density at radius 2 is 1.81 bits per heavy atom. The molecule has 0 radical (unpaired) electrons. The minimum atomic E-state index is -0.139. The van der Waals surface area contributed by atoms with Crippen molar-refractivity contribution in [3.8, 4) is 5.75 Å². The Morgan fingerprint density at radius 3 is 2.48 bits per heavy atom. The zero-order chi connectivity index (χ0) is 19.8. The first kappa shape index (κ1) is 21.3. The number of rotatable bonds is 9. The molecule has 0 aliphatic carbocycles. The summed E-state index contributed by atoms with van der Waals surface area (Å²) in [6.45, 7) is 10.5. The molecule has 0 fully saturated rings. The fourth-order valence-electron chi connectivity index (χ4n) is 3.13. The molecular formula is C22H29ClN2O2. The van der Waals surface area contributed by atoms with Crippen molar-refractivity contribution >= 4 is 17.5 Å². The monoisotopic (exact) mass is 388 g/mol. The van der Waals surface area contributed by atoms with Crippen LogP contribution in [-0.4, -0.2) is 37.0 Å². The molecule has 1 N–H and O–H groups in total. The van der Waals surface area contributed by atoms with E-state index in [9.17, 15) is 4.79 Å². The molecule has 0 aliphatic rings. The summed E-state index contributed by atoms with van der Waals surface area (Å²) >= 11 is 6.40. The van der Waals surface area contributed by atoms with E-state index in [-0.39, 0.29) is 18.6 Å². The number of nitrogens with zero attached hydrogens (tertiary/aromatic N) is 1. The van der Waals surface area contributed by atoms with Crippen LogP contribution in [0.1, 0.15) is 36.6 Å². The van der Waals surface area contributed by atoms with Crippen molar-refractivity contribution in [3.05, 3.63) is 64.2 Å². The van der Waals surface area contributed by atoms with Crippen molar-refractivity contribution in [3.63, 3.8) is 0 Å². The summed E-state index contributed by atoms with van der Waals surface area (Å²) in [7, 11) is 0. The lowest BCUT2D eigenvalue weighted by atomic mass is 10.0. The molecule has 0 saturated heterocycles. The number of carbonyl (C=O) groups excluding carboxylic acids is 1. The van der Waals surface area contributed by atoms with E-state index in [1.165, 1.54) is 0 Å². The number of benzene rings is 2. The summed E-state index contributed by atoms with van der Waals surface area (Å²) in [6, 6.07) is 13.7. The van der Waals surface area contributed by atoms with Gasteiger partial charge in [0.25, 0.3) is 5.91 Å². The van der Waals surface area contributed by atoms with Crippen molar-refractivity contribution < 1.29 is 9.53 Å². The van der Waals surface area contributed by atoms with Crippen LogP contribution in [0, 0.1) is 13.8 Å². The zero-order valence-corrected chi connectivity index (χ0v) is 17.3. The van der Waals surface area contributed by atoms with Crippen molar-refractivity contribution in [2.45, 2.75) is 33.7 Å². The van der Waals surface area contributed by atoms with E-state index in [0.29, 0.717) is 6.54 Å². The fraction of sp³-hybridized carbons (Fsp3) is 0.409. The Morgan fingerprint density at radius 1 is 1.11 bits per heavy atom. The van der Waals surface area contributed by atoms with Gasteiger partial charge >= 0.3 is 0 Å². The quantitative estimate of drug-likeness (QED) is 0.685. The average molecular weight is 389 g/mol. The summed E-state index contributed by atoms with van der Waals surface area (Å²) in [5, 5.41) is 3.72. The third-order valence-electron chi connectivity index (χ3n) is 4.92. The maximum Gasteiger partial charge on any atom is 0.258 e. The molecule has 27 heavy (non-hydrogen) atoms. The van der Waals surface area contributed by atoms with Gasteiger partial charge in [0.05, 0.1) is 6.04 Å². The third kappa shape index (κ3) is 5.72. The van der Waals surface area contributed by atoms with Crippen molar-refractivity contribution in [1.29, 1.82) is 0 Å². The lowest BCUT2D eigenvalue weighted by molar-refractivity contribution is -0.123. The highest BCUT2D eigenvalue weighted by Gasteiger charge is 2.21. The number of nitrogens with one attached hydrogen (secondary N) is 1. The van der Waals surface area contributed by atoms with Gasteiger partial charge in [0.2, 0.25) is 0 Å². The first-order valence-corrected chi connectivity index (χ1v) is 9.79. The number of carbonyl (C=O) groups is 1. The summed E-state index contributed by atoms with van der Waals surface area (Å²) in [6.07, 6.45) is 0. The first-order chi connectivity index (χ1) is 13.0. The molecule has 5 heteroatoms. The lowest BCUT2D eigenvalue weighted by Gasteiger charge is -2.30. The van der Waals surface area contributed by atoms with E-state index in [2.05, 4.69) is 24.1 Å². The molecule has 146 valence electrons. The van der Waals surface area contributed by atoms with Crippen molar-refractivity contribution in [2.24, 2.45) is 0 Å². The number of aryl methyl sites for hydroxylation is 1. The van der Waals surface area contributed by atoms with Crippen molar-refractivity contribution in [2.75, 3.05) is 26.2 Å². The van der Waals surface area contributed by atoms with Crippen LogP contribution in [0.2, 0.25) is 5.02 Å². The highest BCUT2D eigenvalue weighted by atomic mass is 35.5. The molecule has 1 amide bonds. The van der Waals surface area contributed by atoms with Gasteiger partial charge in [-0.15, -0.1) is 0 Å². The van der Waals surface area contributed by atoms with Gasteiger partial charge < -0.3 is 10.1 Å². The first-order valence-electron chi connectivity index (χ1n) is 9.42. The van der Waals surface area contributed by atoms with Crippen LogP contribution in [-0.2, 0) is 4.79 Å². The zero-order valence-electron chi connectivity index (χ0n) is 16.6. The molecule has 4 nitrogen and oxygen atoms in total. The van der Waals surface area contributed by atoms with Crippen LogP contribution in [0.15, 0.2) is 42.5 Å². The third-order valence-corrected chi connectivity index (χ3v) is 5.27. The number of ether oxygens (including phenoxy) is 1. The molecule has 0 bridgehead atoms. The Hall–Kier alpha value is -2.04. The predicted octanol–water partition coefficient (Wildman–Crippen LogP) is 4.53. The summed E-state index contributed by atoms with van der Waals surface area (Å²) in [5.74, 6) is 0.608. The predicted molar refractivity (Wildman–Crippen MR) is 112 cm³/mol. The number of hydrogen-bond donors (Lipinski definition) is 1. The van der Waals surface area contributed by atoms with Gasteiger partial charge in [-0.2, -0.15) is 0 Å². The Bertz CT molecular complexity index is 760. The minimum absolute atomic E-state index is 0.00220. The van der Waals surface area contributed by atoms with Gasteiger partial charge in [-0.25, -0.2) is 0 Å². The highest BCUT2D eigenvalue weighted by molar-refractivity contribution is 6.31. The van der Waals surface area contributed by atoms with Gasteiger partial charge in [-0.3, -0.25) is 9.69 Å². The molecule has 0 aliphatic heterocycles. The molecular weight excluding hydrogens is 360 g/mol. The van der Waals surface area contributed by atoms with E-state index < -0.39 is 0 Å². The fourth-order valence-corrected chi connectivity index (χ4v) is 3.39. The maximum atomic E-state index is 12.3. The molecule has 1 atom stereocenters. The minimum Gasteiger partial charge on any atom is -0.483 e. The van der Waals surface area contributed by atoms with Gasteiger partial charge in [-0.05, 0) is 55.8 Å². The van der Waals surface area contributed by atoms with Crippen LogP contribution < -0.4 is 10.1 Å². The van der Waals surface area contributed by atoms with Crippen LogP contribution in [0.3, 0.4) is 0 Å². The molecule has 0 spiro atoms. The number of halogens is 1. The molecule has 2 aromatic carbocycles.